The third-order valence-corrected chi connectivity index (χ3v) is 2.28. The Labute approximate surface area is 93.1 Å². The Morgan fingerprint density at radius 1 is 1.60 bits per heavy atom. The number of nitrogens with two attached hydrogens (primary N) is 1. The normalized spacial score (nSPS) is 11.6. The zero-order valence-corrected chi connectivity index (χ0v) is 9.18. The van der Waals surface area contributed by atoms with Crippen molar-refractivity contribution >= 4 is 17.4 Å². The second-order valence-electron chi connectivity index (χ2n) is 2.94. The highest BCUT2D eigenvalue weighted by atomic mass is 35.5. The molecule has 82 valence electrons. The maximum Gasteiger partial charge on any atom is 0.128 e. The third kappa shape index (κ3) is 3.18. The van der Waals surface area contributed by atoms with Gasteiger partial charge in [-0.15, -0.1) is 0 Å². The Morgan fingerprint density at radius 2 is 2.33 bits per heavy atom. The van der Waals surface area contributed by atoms with Crippen molar-refractivity contribution in [3.05, 3.63) is 34.6 Å². The average Bonchev–Trinajstić information content (AvgIpc) is 2.22. The molecule has 0 bridgehead atoms. The molecule has 0 aliphatic heterocycles. The van der Waals surface area contributed by atoms with Crippen LogP contribution in [0.5, 0.6) is 0 Å². The summed E-state index contributed by atoms with van der Waals surface area (Å²) in [5, 5.41) is 0.383. The first kappa shape index (κ1) is 11.9. The van der Waals surface area contributed by atoms with Gasteiger partial charge in [-0.3, -0.25) is 4.99 Å². The van der Waals surface area contributed by atoms with Crippen molar-refractivity contribution in [3.63, 3.8) is 0 Å². The molecule has 0 heterocycles. The zero-order chi connectivity index (χ0) is 11.3. The van der Waals surface area contributed by atoms with Crippen molar-refractivity contribution in [1.29, 1.82) is 0 Å². The van der Waals surface area contributed by atoms with Gasteiger partial charge in [-0.1, -0.05) is 17.7 Å². The lowest BCUT2D eigenvalue weighted by Gasteiger charge is -2.08. The lowest BCUT2D eigenvalue weighted by molar-refractivity contribution is 0.615. The predicted molar refractivity (Wildman–Crippen MR) is 60.4 cm³/mol. The minimum absolute atomic E-state index is 0.274. The lowest BCUT2D eigenvalue weighted by Crippen LogP contribution is -2.32. The standard InChI is InChI=1S/C10H13ClFN3/c1-2-14-10(15-13)6-7-8(11)4-3-5-9(7)12/h3-5H,2,6,13H2,1H3,(H,14,15). The lowest BCUT2D eigenvalue weighted by atomic mass is 10.1. The van der Waals surface area contributed by atoms with Gasteiger partial charge in [0.25, 0.3) is 0 Å². The Bertz CT molecular complexity index is 345. The van der Waals surface area contributed by atoms with Gasteiger partial charge in [0.1, 0.15) is 11.7 Å². The number of amidine groups is 1. The molecule has 3 nitrogen and oxygen atoms in total. The molecule has 0 atom stereocenters. The first-order chi connectivity index (χ1) is 7.19. The molecule has 0 aliphatic rings. The van der Waals surface area contributed by atoms with E-state index >= 15 is 0 Å². The van der Waals surface area contributed by atoms with Crippen LogP contribution in [0.15, 0.2) is 23.2 Å². The van der Waals surface area contributed by atoms with E-state index in [0.29, 0.717) is 23.0 Å². The maximum atomic E-state index is 13.4. The molecule has 1 aromatic rings. The summed E-state index contributed by atoms with van der Waals surface area (Å²) in [6.45, 7) is 2.46. The van der Waals surface area contributed by atoms with Gasteiger partial charge in [0.15, 0.2) is 0 Å². The van der Waals surface area contributed by atoms with E-state index in [-0.39, 0.29) is 12.2 Å². The minimum Gasteiger partial charge on any atom is -0.312 e. The number of aliphatic imine (C=N–C) groups is 1. The van der Waals surface area contributed by atoms with E-state index in [9.17, 15) is 4.39 Å². The van der Waals surface area contributed by atoms with Crippen molar-refractivity contribution in [2.45, 2.75) is 13.3 Å². The number of halogens is 2. The molecule has 0 saturated heterocycles. The van der Waals surface area contributed by atoms with Crippen molar-refractivity contribution in [2.75, 3.05) is 6.54 Å². The van der Waals surface area contributed by atoms with Crippen LogP contribution in [0.4, 0.5) is 4.39 Å². The second kappa shape index (κ2) is 5.68. The van der Waals surface area contributed by atoms with Gasteiger partial charge >= 0.3 is 0 Å². The van der Waals surface area contributed by atoms with Crippen LogP contribution in [-0.4, -0.2) is 12.4 Å². The highest BCUT2D eigenvalue weighted by molar-refractivity contribution is 6.31. The van der Waals surface area contributed by atoms with E-state index in [4.69, 9.17) is 17.4 Å². The molecular formula is C10H13ClFN3. The number of hydrogen-bond donors (Lipinski definition) is 2. The highest BCUT2D eigenvalue weighted by Gasteiger charge is 2.09. The summed E-state index contributed by atoms with van der Waals surface area (Å²) >= 11 is 5.87. The van der Waals surface area contributed by atoms with Crippen LogP contribution in [-0.2, 0) is 6.42 Å². The monoisotopic (exact) mass is 229 g/mol. The van der Waals surface area contributed by atoms with E-state index in [0.717, 1.165) is 0 Å². The number of hydrogen-bond acceptors (Lipinski definition) is 2. The fourth-order valence-corrected chi connectivity index (χ4v) is 1.44. The Hall–Kier alpha value is -1.13. The van der Waals surface area contributed by atoms with Crippen molar-refractivity contribution in [1.82, 2.24) is 5.43 Å². The fourth-order valence-electron chi connectivity index (χ4n) is 1.21. The van der Waals surface area contributed by atoms with Gasteiger partial charge in [-0.25, -0.2) is 10.2 Å². The molecule has 5 heteroatoms. The maximum absolute atomic E-state index is 13.4. The van der Waals surface area contributed by atoms with E-state index in [1.807, 2.05) is 6.92 Å². The van der Waals surface area contributed by atoms with Crippen molar-refractivity contribution in [3.8, 4) is 0 Å². The predicted octanol–water partition coefficient (Wildman–Crippen LogP) is 1.90. The topological polar surface area (TPSA) is 50.4 Å². The first-order valence-corrected chi connectivity index (χ1v) is 4.99. The molecule has 0 aromatic heterocycles. The van der Waals surface area contributed by atoms with E-state index in [1.54, 1.807) is 12.1 Å². The van der Waals surface area contributed by atoms with Crippen LogP contribution in [0.3, 0.4) is 0 Å². The molecule has 3 N–H and O–H groups in total. The molecule has 0 fully saturated rings. The van der Waals surface area contributed by atoms with Gasteiger partial charge in [0, 0.05) is 23.6 Å². The van der Waals surface area contributed by atoms with E-state index in [1.165, 1.54) is 6.07 Å². The third-order valence-electron chi connectivity index (χ3n) is 1.92. The Kier molecular flexibility index (Phi) is 4.52. The molecule has 0 amide bonds. The van der Waals surface area contributed by atoms with Gasteiger partial charge in [0.2, 0.25) is 0 Å². The quantitative estimate of drug-likeness (QED) is 0.360. The molecule has 0 radical (unpaired) electrons. The average molecular weight is 230 g/mol. The van der Waals surface area contributed by atoms with E-state index < -0.39 is 0 Å². The summed E-state index contributed by atoms with van der Waals surface area (Å²) in [5.74, 6) is 5.43. The minimum atomic E-state index is -0.346. The van der Waals surface area contributed by atoms with Crippen LogP contribution >= 0.6 is 11.6 Å². The molecular weight excluding hydrogens is 217 g/mol. The summed E-state index contributed by atoms with van der Waals surface area (Å²) in [5.41, 5.74) is 2.84. The molecule has 15 heavy (non-hydrogen) atoms. The van der Waals surface area contributed by atoms with Crippen LogP contribution in [0, 0.1) is 5.82 Å². The number of benzene rings is 1. The second-order valence-corrected chi connectivity index (χ2v) is 3.35. The summed E-state index contributed by atoms with van der Waals surface area (Å²) in [6, 6.07) is 4.56. The SMILES string of the molecule is CCN=C(Cc1c(F)cccc1Cl)NN. The smallest absolute Gasteiger partial charge is 0.128 e. The van der Waals surface area contributed by atoms with Crippen LogP contribution in [0.25, 0.3) is 0 Å². The Morgan fingerprint density at radius 3 is 2.87 bits per heavy atom. The Balaban J connectivity index is 2.93. The van der Waals surface area contributed by atoms with E-state index in [2.05, 4.69) is 10.4 Å². The van der Waals surface area contributed by atoms with Crippen LogP contribution in [0.1, 0.15) is 12.5 Å². The fraction of sp³-hybridized carbons (Fsp3) is 0.300. The largest absolute Gasteiger partial charge is 0.312 e. The van der Waals surface area contributed by atoms with Crippen LogP contribution < -0.4 is 11.3 Å². The number of hydrazine groups is 1. The molecule has 0 aliphatic carbocycles. The van der Waals surface area contributed by atoms with Gasteiger partial charge in [-0.2, -0.15) is 0 Å². The van der Waals surface area contributed by atoms with Gasteiger partial charge < -0.3 is 5.43 Å². The molecule has 0 spiro atoms. The van der Waals surface area contributed by atoms with Gasteiger partial charge in [0.05, 0.1) is 0 Å². The van der Waals surface area contributed by atoms with Crippen molar-refractivity contribution < 1.29 is 4.39 Å². The van der Waals surface area contributed by atoms with Crippen LogP contribution in [0.2, 0.25) is 5.02 Å². The highest BCUT2D eigenvalue weighted by Crippen LogP contribution is 2.19. The first-order valence-electron chi connectivity index (χ1n) is 4.61. The molecule has 1 aromatic carbocycles. The summed E-state index contributed by atoms with van der Waals surface area (Å²) in [4.78, 5) is 4.08. The molecule has 0 unspecified atom stereocenters. The van der Waals surface area contributed by atoms with Gasteiger partial charge in [-0.05, 0) is 19.1 Å². The summed E-state index contributed by atoms with van der Waals surface area (Å²) < 4.78 is 13.4. The van der Waals surface area contributed by atoms with Crippen molar-refractivity contribution in [2.24, 2.45) is 10.8 Å². The molecule has 0 saturated carbocycles. The number of rotatable bonds is 3. The zero-order valence-electron chi connectivity index (χ0n) is 8.43. The molecule has 1 rings (SSSR count). The summed E-state index contributed by atoms with van der Waals surface area (Å²) in [7, 11) is 0. The number of nitrogens with zero attached hydrogens (tertiary/aromatic N) is 1. The summed E-state index contributed by atoms with van der Waals surface area (Å²) in [6.07, 6.45) is 0.274. The number of nitrogens with one attached hydrogen (secondary N) is 1.